The van der Waals surface area contributed by atoms with Crippen molar-refractivity contribution in [2.75, 3.05) is 4.90 Å². The number of nitrogens with zero attached hydrogens (tertiary/aromatic N) is 2. The predicted octanol–water partition coefficient (Wildman–Crippen LogP) is 21.9. The number of hydrogen-bond acceptors (Lipinski definition) is 3. The second-order valence-corrected chi connectivity index (χ2v) is 26.4. The summed E-state index contributed by atoms with van der Waals surface area (Å²) in [6, 6.07) is 79.0. The number of anilines is 3. The molecule has 0 N–H and O–H groups in total. The van der Waals surface area contributed by atoms with Crippen LogP contribution in [-0.2, 0) is 21.7 Å². The minimum absolute atomic E-state index is 0.00166. The summed E-state index contributed by atoms with van der Waals surface area (Å²) < 4.78 is 16.6. The first-order valence-corrected chi connectivity index (χ1v) is 29.5. The van der Waals surface area contributed by atoms with E-state index >= 15 is 0 Å². The lowest BCUT2D eigenvalue weighted by molar-refractivity contribution is 0.590. The molecule has 3 aromatic heterocycles. The van der Waals surface area contributed by atoms with Crippen molar-refractivity contribution < 1.29 is 8.83 Å². The van der Waals surface area contributed by atoms with Gasteiger partial charge in [-0.15, -0.1) is 0 Å². The zero-order valence-corrected chi connectivity index (χ0v) is 48.4. The van der Waals surface area contributed by atoms with Gasteiger partial charge in [0.1, 0.15) is 22.3 Å². The van der Waals surface area contributed by atoms with E-state index in [-0.39, 0.29) is 21.7 Å². The van der Waals surface area contributed by atoms with Crippen LogP contribution in [0.2, 0.25) is 0 Å². The van der Waals surface area contributed by atoms with Crippen LogP contribution in [0.5, 0.6) is 0 Å². The Morgan fingerprint density at radius 1 is 0.361 bits per heavy atom. The zero-order chi connectivity index (χ0) is 56.2. The van der Waals surface area contributed by atoms with Gasteiger partial charge in [-0.05, 0) is 157 Å². The SMILES string of the molecule is CC(C)(C)c1ccc(N(c2ccc3c(c2)C(C)(C)c2cc(-c4cccc5c4c4ccccc4n5-c4ccccc4)c4oc5ccccc5c4c2-3)c2ccc3c(c2)C(C)(C)c2c4c(c5oc6ccccc6c5c2-3)-c2ccccc2C4(C)C)cc1. The van der Waals surface area contributed by atoms with Crippen LogP contribution in [-0.4, -0.2) is 4.57 Å². The molecule has 11 aromatic carbocycles. The van der Waals surface area contributed by atoms with Crippen molar-refractivity contribution in [2.45, 2.75) is 84.0 Å². The molecule has 0 saturated carbocycles. The number of para-hydroxylation sites is 4. The van der Waals surface area contributed by atoms with Crippen molar-refractivity contribution in [1.29, 1.82) is 0 Å². The molecule has 0 amide bonds. The molecule has 0 aliphatic heterocycles. The fourth-order valence-corrected chi connectivity index (χ4v) is 15.7. The first kappa shape index (κ1) is 48.3. The Labute approximate surface area is 483 Å². The van der Waals surface area contributed by atoms with E-state index < -0.39 is 0 Å². The van der Waals surface area contributed by atoms with Gasteiger partial charge in [0.25, 0.3) is 0 Å². The van der Waals surface area contributed by atoms with Crippen LogP contribution in [0.15, 0.2) is 221 Å². The number of furan rings is 2. The van der Waals surface area contributed by atoms with Crippen molar-refractivity contribution in [3.8, 4) is 50.2 Å². The highest BCUT2D eigenvalue weighted by Gasteiger charge is 2.49. The monoisotopic (exact) mass is 1070 g/mol. The van der Waals surface area contributed by atoms with E-state index in [0.29, 0.717) is 0 Å². The van der Waals surface area contributed by atoms with E-state index in [1.54, 1.807) is 0 Å². The number of benzene rings is 11. The zero-order valence-electron chi connectivity index (χ0n) is 48.4. The van der Waals surface area contributed by atoms with Gasteiger partial charge in [0.05, 0.1) is 11.0 Å². The van der Waals surface area contributed by atoms with Crippen LogP contribution in [0.25, 0.3) is 116 Å². The van der Waals surface area contributed by atoms with E-state index in [1.165, 1.54) is 116 Å². The molecular formula is C79H62N2O2. The first-order chi connectivity index (χ1) is 40.1. The lowest BCUT2D eigenvalue weighted by atomic mass is 9.72. The van der Waals surface area contributed by atoms with Gasteiger partial charge in [0.15, 0.2) is 0 Å². The molecule has 4 heteroatoms. The normalized spacial score (nSPS) is 15.1. The Hall–Kier alpha value is -9.38. The van der Waals surface area contributed by atoms with Crippen LogP contribution in [0, 0.1) is 0 Å². The molecule has 0 bridgehead atoms. The van der Waals surface area contributed by atoms with Crippen LogP contribution in [0.4, 0.5) is 17.1 Å². The topological polar surface area (TPSA) is 34.5 Å². The summed E-state index contributed by atoms with van der Waals surface area (Å²) in [6.07, 6.45) is 0. The van der Waals surface area contributed by atoms with Crippen molar-refractivity contribution in [3.63, 3.8) is 0 Å². The highest BCUT2D eigenvalue weighted by Crippen LogP contribution is 2.64. The summed E-state index contributed by atoms with van der Waals surface area (Å²) in [5.74, 6) is 0. The molecule has 0 saturated heterocycles. The Bertz CT molecular complexity index is 5150. The Morgan fingerprint density at radius 2 is 0.880 bits per heavy atom. The molecule has 0 unspecified atom stereocenters. The molecule has 3 heterocycles. The Kier molecular flexibility index (Phi) is 9.56. The van der Waals surface area contributed by atoms with Crippen LogP contribution in [0.1, 0.15) is 101 Å². The van der Waals surface area contributed by atoms with Gasteiger partial charge in [0.2, 0.25) is 0 Å². The summed E-state index contributed by atoms with van der Waals surface area (Å²) >= 11 is 0. The Morgan fingerprint density at radius 3 is 1.58 bits per heavy atom. The average molecular weight is 1070 g/mol. The molecule has 3 aliphatic rings. The summed E-state index contributed by atoms with van der Waals surface area (Å²) in [7, 11) is 0. The maximum atomic E-state index is 7.16. The van der Waals surface area contributed by atoms with E-state index in [0.717, 1.165) is 56.0 Å². The Balaban J connectivity index is 0.875. The first-order valence-electron chi connectivity index (χ1n) is 29.5. The fraction of sp³-hybridized carbons (Fsp3) is 0.165. The van der Waals surface area contributed by atoms with E-state index in [9.17, 15) is 0 Å². The molecule has 3 aliphatic carbocycles. The molecule has 0 atom stereocenters. The summed E-state index contributed by atoms with van der Waals surface area (Å²) in [6.45, 7) is 21.5. The van der Waals surface area contributed by atoms with Crippen molar-refractivity contribution in [1.82, 2.24) is 4.57 Å². The van der Waals surface area contributed by atoms with E-state index in [4.69, 9.17) is 8.83 Å². The van der Waals surface area contributed by atoms with E-state index in [2.05, 4.69) is 284 Å². The third kappa shape index (κ3) is 6.36. The highest BCUT2D eigenvalue weighted by atomic mass is 16.3. The van der Waals surface area contributed by atoms with Crippen LogP contribution < -0.4 is 4.90 Å². The van der Waals surface area contributed by atoms with Gasteiger partial charge < -0.3 is 18.3 Å². The lowest BCUT2D eigenvalue weighted by Crippen LogP contribution is -2.24. The minimum atomic E-state index is -0.388. The second-order valence-electron chi connectivity index (χ2n) is 26.4. The average Bonchev–Trinajstić information content (AvgIpc) is 1.63. The minimum Gasteiger partial charge on any atom is -0.455 e. The molecule has 0 spiro atoms. The highest BCUT2D eigenvalue weighted by molar-refractivity contribution is 6.24. The van der Waals surface area contributed by atoms with Gasteiger partial charge in [-0.3, -0.25) is 0 Å². The third-order valence-corrected chi connectivity index (χ3v) is 19.7. The fourth-order valence-electron chi connectivity index (χ4n) is 15.7. The number of rotatable bonds is 5. The summed E-state index contributed by atoms with van der Waals surface area (Å²) in [4.78, 5) is 2.51. The standard InChI is InChI=1S/C79H62N2O2/c1-76(2,3)45-34-36-47(37-35-45)80(49-39-41-53-60(43-49)79(8,9)72-68(53)70-56-27-16-20-33-65(56)83-75(70)71-51-24-13-17-29-58(51)78(6,7)73(71)72)48-38-40-52-59(42-48)77(4,5)61-44-57(74-69(67(52)61)55-26-15-19-32-64(55)82-74)50-28-21-31-63-66(50)54-25-14-18-30-62(54)81(63)46-22-11-10-12-23-46/h10-44H,1-9H3. The van der Waals surface area contributed by atoms with Crippen molar-refractivity contribution in [2.24, 2.45) is 0 Å². The molecule has 0 fully saturated rings. The lowest BCUT2D eigenvalue weighted by Gasteiger charge is -2.32. The quantitative estimate of drug-likeness (QED) is 0.172. The molecule has 83 heavy (non-hydrogen) atoms. The second kappa shape index (κ2) is 16.4. The van der Waals surface area contributed by atoms with Crippen LogP contribution >= 0.6 is 0 Å². The molecular weight excluding hydrogens is 1010 g/mol. The third-order valence-electron chi connectivity index (χ3n) is 19.7. The molecule has 4 nitrogen and oxygen atoms in total. The maximum Gasteiger partial charge on any atom is 0.144 e. The molecule has 17 rings (SSSR count). The van der Waals surface area contributed by atoms with Gasteiger partial charge in [-0.1, -0.05) is 196 Å². The largest absolute Gasteiger partial charge is 0.455 e. The van der Waals surface area contributed by atoms with Crippen molar-refractivity contribution in [3.05, 3.63) is 251 Å². The molecule has 0 radical (unpaired) electrons. The van der Waals surface area contributed by atoms with Gasteiger partial charge >= 0.3 is 0 Å². The molecule has 14 aromatic rings. The maximum absolute atomic E-state index is 7.16. The summed E-state index contributed by atoms with van der Waals surface area (Å²) in [5, 5.41) is 7.12. The summed E-state index contributed by atoms with van der Waals surface area (Å²) in [5.41, 5.74) is 28.9. The van der Waals surface area contributed by atoms with Crippen LogP contribution in [0.3, 0.4) is 0 Å². The number of fused-ring (bicyclic) bond motifs is 22. The van der Waals surface area contributed by atoms with Crippen molar-refractivity contribution >= 4 is 82.7 Å². The van der Waals surface area contributed by atoms with Gasteiger partial charge in [-0.2, -0.15) is 0 Å². The predicted molar refractivity (Wildman–Crippen MR) is 347 cm³/mol. The van der Waals surface area contributed by atoms with E-state index in [1.807, 2.05) is 0 Å². The number of hydrogen-bond donors (Lipinski definition) is 0. The van der Waals surface area contributed by atoms with Gasteiger partial charge in [-0.25, -0.2) is 0 Å². The number of aromatic nitrogens is 1. The molecule has 400 valence electrons. The smallest absolute Gasteiger partial charge is 0.144 e. The van der Waals surface area contributed by atoms with Gasteiger partial charge in [0, 0.05) is 82.4 Å².